The van der Waals surface area contributed by atoms with Crippen LogP contribution in [0.4, 0.5) is 0 Å². The first-order valence-corrected chi connectivity index (χ1v) is 8.83. The summed E-state index contributed by atoms with van der Waals surface area (Å²) in [6.45, 7) is 5.18. The van der Waals surface area contributed by atoms with Crippen LogP contribution in [0, 0.1) is 5.92 Å². The maximum absolute atomic E-state index is 11.8. The maximum atomic E-state index is 11.8. The summed E-state index contributed by atoms with van der Waals surface area (Å²) in [5, 5.41) is 4.12. The average molecular weight is 324 g/mol. The first kappa shape index (κ1) is 16.5. The summed E-state index contributed by atoms with van der Waals surface area (Å²) >= 11 is 0. The predicted octanol–water partition coefficient (Wildman–Crippen LogP) is 0.399. The zero-order chi connectivity index (χ0) is 16.1. The molecule has 2 atom stereocenters. The van der Waals surface area contributed by atoms with Crippen molar-refractivity contribution in [3.05, 3.63) is 0 Å². The highest BCUT2D eigenvalue weighted by atomic mass is 16.7. The Morgan fingerprint density at radius 1 is 1.22 bits per heavy atom. The van der Waals surface area contributed by atoms with Crippen molar-refractivity contribution in [2.75, 3.05) is 45.9 Å². The van der Waals surface area contributed by atoms with Crippen molar-refractivity contribution in [2.24, 2.45) is 16.8 Å². The number of hydrogen-bond acceptors (Lipinski definition) is 6. The number of carbonyl (C=O) groups is 1. The summed E-state index contributed by atoms with van der Waals surface area (Å²) < 4.78 is 6.10. The van der Waals surface area contributed by atoms with Crippen molar-refractivity contribution < 1.29 is 14.4 Å². The van der Waals surface area contributed by atoms with Crippen molar-refractivity contribution in [2.45, 2.75) is 38.2 Å². The van der Waals surface area contributed by atoms with E-state index in [0.717, 1.165) is 39.0 Å². The second kappa shape index (κ2) is 7.97. The minimum Gasteiger partial charge on any atom is -0.470 e. The summed E-state index contributed by atoms with van der Waals surface area (Å²) in [5.41, 5.74) is 5.47. The molecule has 0 bridgehead atoms. The number of ether oxygens (including phenoxy) is 1. The molecule has 0 aromatic carbocycles. The molecule has 0 spiro atoms. The van der Waals surface area contributed by atoms with Gasteiger partial charge < -0.3 is 20.2 Å². The Morgan fingerprint density at radius 2 is 2.04 bits per heavy atom. The molecule has 3 aliphatic rings. The molecule has 130 valence electrons. The van der Waals surface area contributed by atoms with Gasteiger partial charge in [0.2, 0.25) is 11.8 Å². The van der Waals surface area contributed by atoms with Crippen LogP contribution in [0.2, 0.25) is 0 Å². The maximum Gasteiger partial charge on any atom is 0.236 e. The van der Waals surface area contributed by atoms with E-state index in [-0.39, 0.29) is 24.5 Å². The van der Waals surface area contributed by atoms with E-state index in [1.165, 1.54) is 19.3 Å². The second-order valence-electron chi connectivity index (χ2n) is 6.71. The molecular weight excluding hydrogens is 296 g/mol. The Hall–Kier alpha value is -1.34. The van der Waals surface area contributed by atoms with Crippen molar-refractivity contribution in [1.29, 1.82) is 0 Å². The molecule has 23 heavy (non-hydrogen) atoms. The molecule has 7 nitrogen and oxygen atoms in total. The fourth-order valence-electron chi connectivity index (χ4n) is 3.64. The van der Waals surface area contributed by atoms with Crippen molar-refractivity contribution in [1.82, 2.24) is 9.80 Å². The topological polar surface area (TPSA) is 80.4 Å². The van der Waals surface area contributed by atoms with Crippen LogP contribution in [0.15, 0.2) is 5.16 Å². The first-order chi connectivity index (χ1) is 11.3. The van der Waals surface area contributed by atoms with Gasteiger partial charge in [0.05, 0.1) is 12.5 Å². The molecule has 0 aromatic heterocycles. The van der Waals surface area contributed by atoms with E-state index >= 15 is 0 Å². The van der Waals surface area contributed by atoms with Gasteiger partial charge in [-0.3, -0.25) is 9.69 Å². The standard InChI is InChI=1S/C16H28N4O3/c17-9-15(21)20-8-4-5-13(10-20)16-18-22-12-14(23-16)11-19-6-2-1-3-7-19/h13-14H,1-12,17H2. The van der Waals surface area contributed by atoms with Gasteiger partial charge in [-0.1, -0.05) is 11.6 Å². The highest BCUT2D eigenvalue weighted by molar-refractivity contribution is 5.82. The van der Waals surface area contributed by atoms with Gasteiger partial charge in [0.25, 0.3) is 0 Å². The lowest BCUT2D eigenvalue weighted by Gasteiger charge is -2.36. The fraction of sp³-hybridized carbons (Fsp3) is 0.875. The Kier molecular flexibility index (Phi) is 5.72. The van der Waals surface area contributed by atoms with Gasteiger partial charge >= 0.3 is 0 Å². The van der Waals surface area contributed by atoms with Crippen LogP contribution in [0.25, 0.3) is 0 Å². The zero-order valence-corrected chi connectivity index (χ0v) is 13.8. The lowest BCUT2D eigenvalue weighted by atomic mass is 9.97. The van der Waals surface area contributed by atoms with E-state index < -0.39 is 0 Å². The van der Waals surface area contributed by atoms with E-state index in [1.807, 2.05) is 4.90 Å². The van der Waals surface area contributed by atoms with E-state index in [2.05, 4.69) is 10.1 Å². The molecule has 3 aliphatic heterocycles. The van der Waals surface area contributed by atoms with Crippen LogP contribution in [-0.4, -0.2) is 73.6 Å². The van der Waals surface area contributed by atoms with Gasteiger partial charge in [-0.2, -0.15) is 0 Å². The van der Waals surface area contributed by atoms with Gasteiger partial charge in [-0.15, -0.1) is 0 Å². The first-order valence-electron chi connectivity index (χ1n) is 8.83. The normalized spacial score (nSPS) is 29.4. The Bertz CT molecular complexity index is 437. The number of nitrogens with zero attached hydrogens (tertiary/aromatic N) is 3. The number of likely N-dealkylation sites (tertiary alicyclic amines) is 2. The molecule has 3 rings (SSSR count). The number of nitrogens with two attached hydrogens (primary N) is 1. The van der Waals surface area contributed by atoms with Gasteiger partial charge in [0.15, 0.2) is 6.61 Å². The molecule has 0 radical (unpaired) electrons. The van der Waals surface area contributed by atoms with Gasteiger partial charge in [-0.25, -0.2) is 0 Å². The highest BCUT2D eigenvalue weighted by Crippen LogP contribution is 2.22. The van der Waals surface area contributed by atoms with Gasteiger partial charge in [0.1, 0.15) is 6.10 Å². The smallest absolute Gasteiger partial charge is 0.236 e. The summed E-state index contributed by atoms with van der Waals surface area (Å²) in [4.78, 5) is 21.5. The number of oxime groups is 1. The van der Waals surface area contributed by atoms with E-state index in [1.54, 1.807) is 0 Å². The fourth-order valence-corrected chi connectivity index (χ4v) is 3.64. The second-order valence-corrected chi connectivity index (χ2v) is 6.71. The Morgan fingerprint density at radius 3 is 2.83 bits per heavy atom. The van der Waals surface area contributed by atoms with Crippen molar-refractivity contribution >= 4 is 11.8 Å². The highest BCUT2D eigenvalue weighted by Gasteiger charge is 2.32. The van der Waals surface area contributed by atoms with E-state index in [9.17, 15) is 4.79 Å². The molecule has 2 fully saturated rings. The largest absolute Gasteiger partial charge is 0.470 e. The third-order valence-electron chi connectivity index (χ3n) is 4.91. The summed E-state index contributed by atoms with van der Waals surface area (Å²) in [7, 11) is 0. The lowest BCUT2D eigenvalue weighted by molar-refractivity contribution is -0.131. The molecule has 2 N–H and O–H groups in total. The number of amides is 1. The minimum absolute atomic E-state index is 0.00288. The van der Waals surface area contributed by atoms with Crippen LogP contribution in [0.1, 0.15) is 32.1 Å². The molecule has 0 aliphatic carbocycles. The molecule has 1 amide bonds. The van der Waals surface area contributed by atoms with Gasteiger partial charge in [-0.05, 0) is 38.8 Å². The number of hydrogen-bond donors (Lipinski definition) is 1. The van der Waals surface area contributed by atoms with Crippen molar-refractivity contribution in [3.63, 3.8) is 0 Å². The van der Waals surface area contributed by atoms with Crippen molar-refractivity contribution in [3.8, 4) is 0 Å². The minimum atomic E-state index is -0.00288. The quantitative estimate of drug-likeness (QED) is 0.809. The van der Waals surface area contributed by atoms with Crippen LogP contribution in [0.5, 0.6) is 0 Å². The molecular formula is C16H28N4O3. The van der Waals surface area contributed by atoms with E-state index in [4.69, 9.17) is 15.3 Å². The third-order valence-corrected chi connectivity index (χ3v) is 4.91. The monoisotopic (exact) mass is 324 g/mol. The summed E-state index contributed by atoms with van der Waals surface area (Å²) in [6.07, 6.45) is 5.85. The molecule has 0 aromatic rings. The average Bonchev–Trinajstić information content (AvgIpc) is 2.62. The van der Waals surface area contributed by atoms with Gasteiger partial charge in [0, 0.05) is 19.6 Å². The Balaban J connectivity index is 1.53. The van der Waals surface area contributed by atoms with Crippen LogP contribution in [-0.2, 0) is 14.4 Å². The number of piperidine rings is 2. The molecule has 3 heterocycles. The third kappa shape index (κ3) is 4.35. The number of rotatable bonds is 4. The molecule has 7 heteroatoms. The summed E-state index contributed by atoms with van der Waals surface area (Å²) in [5.74, 6) is 0.785. The lowest BCUT2D eigenvalue weighted by Crippen LogP contribution is -2.48. The summed E-state index contributed by atoms with van der Waals surface area (Å²) in [6, 6.07) is 0. The number of carbonyl (C=O) groups excluding carboxylic acids is 1. The van der Waals surface area contributed by atoms with Crippen LogP contribution < -0.4 is 5.73 Å². The zero-order valence-electron chi connectivity index (χ0n) is 13.8. The molecule has 2 unspecified atom stereocenters. The van der Waals surface area contributed by atoms with E-state index in [0.29, 0.717) is 19.0 Å². The SMILES string of the molecule is NCC(=O)N1CCCC(C2=NOCC(CN3CCCCC3)O2)C1. The van der Waals surface area contributed by atoms with Crippen LogP contribution >= 0.6 is 0 Å². The molecule has 2 saturated heterocycles. The molecule has 0 saturated carbocycles. The van der Waals surface area contributed by atoms with Crippen LogP contribution in [0.3, 0.4) is 0 Å². The predicted molar refractivity (Wildman–Crippen MR) is 86.9 cm³/mol. The Labute approximate surface area is 137 Å².